The second-order valence-corrected chi connectivity index (χ2v) is 9.50. The smallest absolute Gasteiger partial charge is 0.270 e. The number of rotatable bonds is 7. The molecule has 0 radical (unpaired) electrons. The van der Waals surface area contributed by atoms with Crippen molar-refractivity contribution in [2.75, 3.05) is 45.9 Å². The van der Waals surface area contributed by atoms with Gasteiger partial charge in [-0.15, -0.1) is 11.3 Å². The monoisotopic (exact) mass is 464 g/mol. The lowest BCUT2D eigenvalue weighted by Crippen LogP contribution is -2.39. The van der Waals surface area contributed by atoms with Crippen LogP contribution >= 0.6 is 11.3 Å². The first-order valence-corrected chi connectivity index (χ1v) is 12.4. The minimum atomic E-state index is 0.0629. The van der Waals surface area contributed by atoms with Crippen LogP contribution in [0, 0.1) is 0 Å². The minimum Gasteiger partial charge on any atom is -0.379 e. The highest BCUT2D eigenvalue weighted by molar-refractivity contribution is 7.13. The Kier molecular flexibility index (Phi) is 6.66. The van der Waals surface area contributed by atoms with Gasteiger partial charge >= 0.3 is 0 Å². The van der Waals surface area contributed by atoms with E-state index in [2.05, 4.69) is 9.88 Å². The lowest BCUT2D eigenvalue weighted by Gasteiger charge is -2.25. The third-order valence-corrected chi connectivity index (χ3v) is 7.10. The molecule has 0 aliphatic carbocycles. The van der Waals surface area contributed by atoms with Gasteiger partial charge in [-0.05, 0) is 24.5 Å². The van der Waals surface area contributed by atoms with Crippen molar-refractivity contribution in [3.63, 3.8) is 0 Å². The molecule has 8 heteroatoms. The molecule has 3 aromatic rings. The quantitative estimate of drug-likeness (QED) is 0.579. The standard InChI is InChI=1S/C25H28N4O3S/c30-21(16-28-9-11-32-12-10-28)13-18-3-5-19(6-4-18)24-27-23(17-33-24)20-14-22(26-15-20)25(31)29-7-1-2-8-29/h3-6,14-15,17,26H,1-2,7-13,16H2. The average Bonchev–Trinajstić information content (AvgIpc) is 3.61. The second-order valence-electron chi connectivity index (χ2n) is 8.64. The molecule has 0 bridgehead atoms. The van der Waals surface area contributed by atoms with E-state index in [-0.39, 0.29) is 11.7 Å². The lowest BCUT2D eigenvalue weighted by molar-refractivity contribution is -0.120. The number of aromatic nitrogens is 2. The number of hydrogen-bond acceptors (Lipinski definition) is 6. The van der Waals surface area contributed by atoms with Crippen LogP contribution < -0.4 is 0 Å². The number of ether oxygens (including phenoxy) is 1. The molecule has 33 heavy (non-hydrogen) atoms. The third kappa shape index (κ3) is 5.24. The summed E-state index contributed by atoms with van der Waals surface area (Å²) < 4.78 is 5.34. The van der Waals surface area contributed by atoms with E-state index >= 15 is 0 Å². The molecule has 1 aromatic carbocycles. The summed E-state index contributed by atoms with van der Waals surface area (Å²) in [5.74, 6) is 0.292. The fourth-order valence-corrected chi connectivity index (χ4v) is 5.19. The number of aromatic amines is 1. The molecule has 0 unspecified atom stereocenters. The van der Waals surface area contributed by atoms with Crippen molar-refractivity contribution in [1.82, 2.24) is 19.8 Å². The highest BCUT2D eigenvalue weighted by Gasteiger charge is 2.21. The van der Waals surface area contributed by atoms with Crippen molar-refractivity contribution < 1.29 is 14.3 Å². The molecule has 0 spiro atoms. The van der Waals surface area contributed by atoms with Crippen LogP contribution in [-0.2, 0) is 16.0 Å². The minimum absolute atomic E-state index is 0.0629. The third-order valence-electron chi connectivity index (χ3n) is 6.21. The zero-order valence-corrected chi connectivity index (χ0v) is 19.4. The van der Waals surface area contributed by atoms with Gasteiger partial charge in [0.1, 0.15) is 10.7 Å². The SMILES string of the molecule is O=C(Cc1ccc(-c2nc(-c3c[nH]c(C(=O)N4CCCC4)c3)cs2)cc1)CN1CCOCC1. The Morgan fingerprint density at radius 2 is 1.79 bits per heavy atom. The van der Waals surface area contributed by atoms with Gasteiger partial charge in [0, 0.05) is 55.3 Å². The van der Waals surface area contributed by atoms with Crippen LogP contribution in [0.5, 0.6) is 0 Å². The molecular formula is C25H28N4O3S. The van der Waals surface area contributed by atoms with E-state index in [1.54, 1.807) is 11.3 Å². The number of carbonyl (C=O) groups is 2. The summed E-state index contributed by atoms with van der Waals surface area (Å²) in [5.41, 5.74) is 4.44. The summed E-state index contributed by atoms with van der Waals surface area (Å²) in [4.78, 5) is 36.9. The molecule has 0 saturated carbocycles. The number of nitrogens with one attached hydrogen (secondary N) is 1. The molecule has 4 heterocycles. The highest BCUT2D eigenvalue weighted by atomic mass is 32.1. The topological polar surface area (TPSA) is 78.5 Å². The number of benzene rings is 1. The first-order valence-electron chi connectivity index (χ1n) is 11.5. The number of likely N-dealkylation sites (tertiary alicyclic amines) is 1. The Morgan fingerprint density at radius 3 is 2.55 bits per heavy atom. The maximum Gasteiger partial charge on any atom is 0.270 e. The molecule has 1 N–H and O–H groups in total. The van der Waals surface area contributed by atoms with E-state index in [0.717, 1.165) is 66.4 Å². The number of amides is 1. The van der Waals surface area contributed by atoms with E-state index in [1.807, 2.05) is 46.8 Å². The maximum atomic E-state index is 12.6. The molecule has 2 fully saturated rings. The first-order chi connectivity index (χ1) is 16.2. The summed E-state index contributed by atoms with van der Waals surface area (Å²) in [6.45, 7) is 5.22. The number of thiazole rings is 1. The Balaban J connectivity index is 1.21. The summed E-state index contributed by atoms with van der Waals surface area (Å²) in [6, 6.07) is 9.97. The van der Waals surface area contributed by atoms with Gasteiger partial charge in [-0.25, -0.2) is 4.98 Å². The molecule has 2 aliphatic heterocycles. The predicted octanol–water partition coefficient (Wildman–Crippen LogP) is 3.49. The molecular weight excluding hydrogens is 436 g/mol. The van der Waals surface area contributed by atoms with Gasteiger partial charge < -0.3 is 14.6 Å². The average molecular weight is 465 g/mol. The van der Waals surface area contributed by atoms with E-state index < -0.39 is 0 Å². The number of ketones is 1. The van der Waals surface area contributed by atoms with Gasteiger partial charge in [-0.3, -0.25) is 14.5 Å². The van der Waals surface area contributed by atoms with E-state index in [1.165, 1.54) is 0 Å². The normalized spacial score (nSPS) is 16.9. The van der Waals surface area contributed by atoms with Crippen LogP contribution in [0.15, 0.2) is 41.9 Å². The second kappa shape index (κ2) is 9.99. The van der Waals surface area contributed by atoms with Crippen molar-refractivity contribution in [1.29, 1.82) is 0 Å². The van der Waals surface area contributed by atoms with E-state index in [9.17, 15) is 9.59 Å². The van der Waals surface area contributed by atoms with Gasteiger partial charge in [0.15, 0.2) is 5.78 Å². The summed E-state index contributed by atoms with van der Waals surface area (Å²) >= 11 is 1.58. The highest BCUT2D eigenvalue weighted by Crippen LogP contribution is 2.30. The molecule has 5 rings (SSSR count). The fraction of sp³-hybridized carbons (Fsp3) is 0.400. The number of carbonyl (C=O) groups excluding carboxylic acids is 2. The van der Waals surface area contributed by atoms with Gasteiger partial charge in [-0.1, -0.05) is 24.3 Å². The Morgan fingerprint density at radius 1 is 1.03 bits per heavy atom. The van der Waals surface area contributed by atoms with Crippen molar-refractivity contribution in [2.45, 2.75) is 19.3 Å². The zero-order chi connectivity index (χ0) is 22.6. The molecule has 2 aliphatic rings. The van der Waals surface area contributed by atoms with Gasteiger partial charge in [0.05, 0.1) is 25.5 Å². The van der Waals surface area contributed by atoms with Crippen LogP contribution in [0.4, 0.5) is 0 Å². The van der Waals surface area contributed by atoms with E-state index in [4.69, 9.17) is 9.72 Å². The molecule has 172 valence electrons. The molecule has 0 atom stereocenters. The van der Waals surface area contributed by atoms with Crippen LogP contribution in [0.25, 0.3) is 21.8 Å². The fourth-order valence-electron chi connectivity index (χ4n) is 4.35. The summed E-state index contributed by atoms with van der Waals surface area (Å²) in [6.07, 6.45) is 4.45. The van der Waals surface area contributed by atoms with Gasteiger partial charge in [0.25, 0.3) is 5.91 Å². The largest absolute Gasteiger partial charge is 0.379 e. The number of H-pyrrole nitrogens is 1. The number of nitrogens with zero attached hydrogens (tertiary/aromatic N) is 3. The van der Waals surface area contributed by atoms with Crippen molar-refractivity contribution in [2.24, 2.45) is 0 Å². The number of hydrogen-bond donors (Lipinski definition) is 1. The summed E-state index contributed by atoms with van der Waals surface area (Å²) in [5, 5.41) is 2.94. The number of Topliss-reactive ketones (excluding diaryl/α,β-unsaturated/α-hetero) is 1. The van der Waals surface area contributed by atoms with Crippen LogP contribution in [-0.4, -0.2) is 77.4 Å². The maximum absolute atomic E-state index is 12.6. The Labute approximate surface area is 197 Å². The van der Waals surface area contributed by atoms with Crippen molar-refractivity contribution >= 4 is 23.0 Å². The number of morpholine rings is 1. The zero-order valence-electron chi connectivity index (χ0n) is 18.6. The summed E-state index contributed by atoms with van der Waals surface area (Å²) in [7, 11) is 0. The van der Waals surface area contributed by atoms with Gasteiger partial charge in [-0.2, -0.15) is 0 Å². The predicted molar refractivity (Wildman–Crippen MR) is 128 cm³/mol. The van der Waals surface area contributed by atoms with Crippen LogP contribution in [0.3, 0.4) is 0 Å². The van der Waals surface area contributed by atoms with Crippen LogP contribution in [0.1, 0.15) is 28.9 Å². The lowest BCUT2D eigenvalue weighted by atomic mass is 10.1. The van der Waals surface area contributed by atoms with E-state index in [0.29, 0.717) is 31.9 Å². The van der Waals surface area contributed by atoms with Crippen molar-refractivity contribution in [3.05, 3.63) is 53.2 Å². The Bertz CT molecular complexity index is 1110. The molecule has 7 nitrogen and oxygen atoms in total. The van der Waals surface area contributed by atoms with Crippen LogP contribution in [0.2, 0.25) is 0 Å². The van der Waals surface area contributed by atoms with Crippen molar-refractivity contribution in [3.8, 4) is 21.8 Å². The first kappa shape index (κ1) is 22.0. The molecule has 2 saturated heterocycles. The molecule has 1 amide bonds. The van der Waals surface area contributed by atoms with Gasteiger partial charge in [0.2, 0.25) is 0 Å². The Hall–Kier alpha value is -2.81. The molecule has 2 aromatic heterocycles.